The third-order valence-electron chi connectivity index (χ3n) is 2.76. The zero-order chi connectivity index (χ0) is 14.5. The van der Waals surface area contributed by atoms with Crippen molar-refractivity contribution in [3.05, 3.63) is 28.3 Å². The van der Waals surface area contributed by atoms with Gasteiger partial charge in [0, 0.05) is 12.7 Å². The van der Waals surface area contributed by atoms with Crippen molar-refractivity contribution in [2.45, 2.75) is 33.6 Å². The van der Waals surface area contributed by atoms with Crippen LogP contribution in [0.3, 0.4) is 0 Å². The Morgan fingerprint density at radius 2 is 2.00 bits per heavy atom. The van der Waals surface area contributed by atoms with Gasteiger partial charge in [0.05, 0.1) is 10.2 Å². The Morgan fingerprint density at radius 3 is 2.65 bits per heavy atom. The molecule has 0 aliphatic heterocycles. The molecule has 2 aromatic heterocycles. The number of aryl methyl sites for hydroxylation is 2. The first-order chi connectivity index (χ1) is 9.65. The molecule has 5 nitrogen and oxygen atoms in total. The van der Waals surface area contributed by atoms with Crippen molar-refractivity contribution in [3.63, 3.8) is 0 Å². The Morgan fingerprint density at radius 1 is 1.20 bits per heavy atom. The molecule has 0 radical (unpaired) electrons. The van der Waals surface area contributed by atoms with E-state index in [1.54, 1.807) is 6.20 Å². The molecule has 0 amide bonds. The van der Waals surface area contributed by atoms with Gasteiger partial charge < -0.3 is 5.32 Å². The number of nitrogens with zero attached hydrogens (tertiary/aromatic N) is 4. The van der Waals surface area contributed by atoms with Gasteiger partial charge in [-0.2, -0.15) is 0 Å². The number of anilines is 1. The molecule has 2 aromatic rings. The first kappa shape index (κ1) is 14.8. The van der Waals surface area contributed by atoms with Crippen LogP contribution in [0.5, 0.6) is 0 Å². The van der Waals surface area contributed by atoms with Gasteiger partial charge in [-0.15, -0.1) is 0 Å². The van der Waals surface area contributed by atoms with Gasteiger partial charge in [-0.05, 0) is 42.3 Å². The van der Waals surface area contributed by atoms with Crippen LogP contribution < -0.4 is 5.32 Å². The second kappa shape index (κ2) is 6.74. The van der Waals surface area contributed by atoms with E-state index in [-0.39, 0.29) is 0 Å². The van der Waals surface area contributed by atoms with E-state index in [4.69, 9.17) is 0 Å². The summed E-state index contributed by atoms with van der Waals surface area (Å²) in [4.78, 5) is 17.7. The molecule has 0 bridgehead atoms. The third-order valence-corrected chi connectivity index (χ3v) is 3.59. The average molecular weight is 336 g/mol. The lowest BCUT2D eigenvalue weighted by molar-refractivity contribution is 0.865. The Kier molecular flexibility index (Phi) is 5.00. The Bertz CT molecular complexity index is 573. The van der Waals surface area contributed by atoms with Gasteiger partial charge in [0.1, 0.15) is 17.3 Å². The predicted molar refractivity (Wildman–Crippen MR) is 83.7 cm³/mol. The van der Waals surface area contributed by atoms with Crippen LogP contribution in [0.4, 0.5) is 5.82 Å². The minimum atomic E-state index is 0.637. The summed E-state index contributed by atoms with van der Waals surface area (Å²) < 4.78 is 0.940. The molecule has 0 fully saturated rings. The van der Waals surface area contributed by atoms with E-state index in [2.05, 4.69) is 48.1 Å². The number of nitrogens with one attached hydrogen (secondary N) is 1. The molecule has 0 spiro atoms. The molecule has 0 atom stereocenters. The summed E-state index contributed by atoms with van der Waals surface area (Å²) in [7, 11) is 0. The zero-order valence-electron chi connectivity index (χ0n) is 11.9. The SMILES string of the molecule is CCCc1nc(-c2ccnc(C)n2)nc(NCC)c1Br. The van der Waals surface area contributed by atoms with E-state index < -0.39 is 0 Å². The van der Waals surface area contributed by atoms with Crippen LogP contribution in [0.1, 0.15) is 31.8 Å². The fraction of sp³-hybridized carbons (Fsp3) is 0.429. The number of rotatable bonds is 5. The van der Waals surface area contributed by atoms with Gasteiger partial charge in [-0.25, -0.2) is 19.9 Å². The molecule has 0 aliphatic rings. The van der Waals surface area contributed by atoms with Crippen molar-refractivity contribution >= 4 is 21.7 Å². The molecule has 106 valence electrons. The highest BCUT2D eigenvalue weighted by atomic mass is 79.9. The Labute approximate surface area is 127 Å². The summed E-state index contributed by atoms with van der Waals surface area (Å²) in [5, 5.41) is 3.26. The Balaban J connectivity index is 2.52. The van der Waals surface area contributed by atoms with Crippen LogP contribution >= 0.6 is 15.9 Å². The lowest BCUT2D eigenvalue weighted by atomic mass is 10.2. The van der Waals surface area contributed by atoms with Crippen molar-refractivity contribution < 1.29 is 0 Å². The number of halogens is 1. The maximum atomic E-state index is 4.63. The third kappa shape index (κ3) is 3.30. The maximum absolute atomic E-state index is 4.63. The monoisotopic (exact) mass is 335 g/mol. The fourth-order valence-electron chi connectivity index (χ4n) is 1.88. The van der Waals surface area contributed by atoms with E-state index in [0.717, 1.165) is 46.9 Å². The van der Waals surface area contributed by atoms with Crippen molar-refractivity contribution in [1.29, 1.82) is 0 Å². The highest BCUT2D eigenvalue weighted by molar-refractivity contribution is 9.10. The largest absolute Gasteiger partial charge is 0.369 e. The topological polar surface area (TPSA) is 63.6 Å². The molecule has 1 N–H and O–H groups in total. The van der Waals surface area contributed by atoms with Crippen LogP contribution in [0, 0.1) is 6.92 Å². The summed E-state index contributed by atoms with van der Waals surface area (Å²) in [5.74, 6) is 2.17. The second-order valence-corrected chi connectivity index (χ2v) is 5.22. The van der Waals surface area contributed by atoms with Crippen molar-refractivity contribution in [2.75, 3.05) is 11.9 Å². The smallest absolute Gasteiger partial charge is 0.180 e. The van der Waals surface area contributed by atoms with Gasteiger partial charge in [0.25, 0.3) is 0 Å². The molecular weight excluding hydrogens is 318 g/mol. The lowest BCUT2D eigenvalue weighted by Crippen LogP contribution is -2.07. The summed E-state index contributed by atoms with van der Waals surface area (Å²) in [6.07, 6.45) is 3.66. The summed E-state index contributed by atoms with van der Waals surface area (Å²) >= 11 is 3.58. The minimum absolute atomic E-state index is 0.637. The van der Waals surface area contributed by atoms with Crippen LogP contribution in [0.25, 0.3) is 11.5 Å². The normalized spacial score (nSPS) is 10.6. The highest BCUT2D eigenvalue weighted by Crippen LogP contribution is 2.27. The molecule has 0 aliphatic carbocycles. The predicted octanol–water partition coefficient (Wildman–Crippen LogP) is 3.39. The fourth-order valence-corrected chi connectivity index (χ4v) is 2.39. The van der Waals surface area contributed by atoms with Crippen LogP contribution in [-0.4, -0.2) is 26.5 Å². The van der Waals surface area contributed by atoms with Crippen LogP contribution in [0.2, 0.25) is 0 Å². The molecule has 6 heteroatoms. The van der Waals surface area contributed by atoms with E-state index in [1.165, 1.54) is 0 Å². The van der Waals surface area contributed by atoms with Crippen molar-refractivity contribution in [1.82, 2.24) is 19.9 Å². The van der Waals surface area contributed by atoms with Gasteiger partial charge in [0.15, 0.2) is 5.82 Å². The van der Waals surface area contributed by atoms with Gasteiger partial charge in [-0.3, -0.25) is 0 Å². The average Bonchev–Trinajstić information content (AvgIpc) is 2.43. The van der Waals surface area contributed by atoms with Gasteiger partial charge in [0.2, 0.25) is 0 Å². The molecule has 0 aromatic carbocycles. The number of aromatic nitrogens is 4. The molecule has 20 heavy (non-hydrogen) atoms. The molecule has 0 saturated heterocycles. The molecule has 0 saturated carbocycles. The van der Waals surface area contributed by atoms with Crippen LogP contribution in [0.15, 0.2) is 16.7 Å². The number of hydrogen-bond donors (Lipinski definition) is 1. The van der Waals surface area contributed by atoms with E-state index >= 15 is 0 Å². The quantitative estimate of drug-likeness (QED) is 0.907. The first-order valence-electron chi connectivity index (χ1n) is 6.76. The van der Waals surface area contributed by atoms with Gasteiger partial charge in [-0.1, -0.05) is 13.3 Å². The second-order valence-electron chi connectivity index (χ2n) is 4.43. The molecular formula is C14H18BrN5. The number of hydrogen-bond acceptors (Lipinski definition) is 5. The Hall–Kier alpha value is -1.56. The molecule has 2 rings (SSSR count). The van der Waals surface area contributed by atoms with Crippen LogP contribution in [-0.2, 0) is 6.42 Å². The lowest BCUT2D eigenvalue weighted by Gasteiger charge is -2.11. The van der Waals surface area contributed by atoms with E-state index in [0.29, 0.717) is 5.82 Å². The highest BCUT2D eigenvalue weighted by Gasteiger charge is 2.13. The summed E-state index contributed by atoms with van der Waals surface area (Å²) in [5.41, 5.74) is 1.76. The summed E-state index contributed by atoms with van der Waals surface area (Å²) in [6, 6.07) is 1.84. The minimum Gasteiger partial charge on any atom is -0.369 e. The van der Waals surface area contributed by atoms with Gasteiger partial charge >= 0.3 is 0 Å². The van der Waals surface area contributed by atoms with E-state index in [9.17, 15) is 0 Å². The maximum Gasteiger partial charge on any atom is 0.180 e. The van der Waals surface area contributed by atoms with Crippen molar-refractivity contribution in [2.24, 2.45) is 0 Å². The van der Waals surface area contributed by atoms with E-state index in [1.807, 2.05) is 19.9 Å². The van der Waals surface area contributed by atoms with Crippen molar-refractivity contribution in [3.8, 4) is 11.5 Å². The zero-order valence-corrected chi connectivity index (χ0v) is 13.5. The first-order valence-corrected chi connectivity index (χ1v) is 7.55. The molecule has 0 unspecified atom stereocenters. The standard InChI is InChI=1S/C14H18BrN5/c1-4-6-10-12(15)14(16-5-2)20-13(19-10)11-7-8-17-9(3)18-11/h7-8H,4-6H2,1-3H3,(H,16,19,20). The summed E-state index contributed by atoms with van der Waals surface area (Å²) in [6.45, 7) is 6.85. The molecule has 2 heterocycles.